The van der Waals surface area contributed by atoms with E-state index < -0.39 is 23.9 Å². The van der Waals surface area contributed by atoms with Crippen LogP contribution in [0.1, 0.15) is 39.5 Å². The lowest BCUT2D eigenvalue weighted by Gasteiger charge is -2.16. The Labute approximate surface area is 158 Å². The van der Waals surface area contributed by atoms with E-state index in [1.165, 1.54) is 0 Å². The molecule has 158 valence electrons. The predicted octanol–water partition coefficient (Wildman–Crippen LogP) is 1.23. The zero-order valence-electron chi connectivity index (χ0n) is 15.6. The fourth-order valence-electron chi connectivity index (χ4n) is 0.602. The number of aliphatic hydroxyl groups is 2. The first-order chi connectivity index (χ1) is 12.3. The number of aliphatic hydroxyl groups excluding tert-OH is 2. The van der Waals surface area contributed by atoms with Crippen LogP contribution in [0.15, 0.2) is 25.3 Å². The first kappa shape index (κ1) is 32.0. The Kier molecular flexibility index (Phi) is 25.3. The molecule has 0 radical (unpaired) electrons. The van der Waals surface area contributed by atoms with Gasteiger partial charge in [-0.2, -0.15) is 0 Å². The molecule has 0 spiro atoms. The summed E-state index contributed by atoms with van der Waals surface area (Å²) in [6, 6.07) is 0. The highest BCUT2D eigenvalue weighted by atomic mass is 16.4. The molecule has 0 aliphatic heterocycles. The van der Waals surface area contributed by atoms with Crippen LogP contribution < -0.4 is 0 Å². The van der Waals surface area contributed by atoms with Crippen molar-refractivity contribution in [3.63, 3.8) is 0 Å². The molecule has 0 aliphatic rings. The minimum atomic E-state index is -0.981. The number of unbranched alkanes of at least 4 members (excludes halogenated alkanes) is 1. The van der Waals surface area contributed by atoms with Gasteiger partial charge in [-0.3, -0.25) is 9.59 Å². The van der Waals surface area contributed by atoms with Crippen molar-refractivity contribution in [2.75, 3.05) is 13.2 Å². The van der Waals surface area contributed by atoms with Crippen molar-refractivity contribution < 1.29 is 49.8 Å². The fraction of sp³-hybridized carbons (Fsp3) is 0.529. The molecule has 0 aliphatic carbocycles. The van der Waals surface area contributed by atoms with Crippen LogP contribution in [0.5, 0.6) is 0 Å². The topological polar surface area (TPSA) is 190 Å². The number of carboxylic acids is 4. The molecule has 0 unspecified atom stereocenters. The lowest BCUT2D eigenvalue weighted by atomic mass is 9.97. The Bertz CT molecular complexity index is 415. The second kappa shape index (κ2) is 21.3. The summed E-state index contributed by atoms with van der Waals surface area (Å²) >= 11 is 0. The maximum atomic E-state index is 9.90. The normalized spacial score (nSPS) is 8.89. The largest absolute Gasteiger partial charge is 0.481 e. The number of aliphatic carboxylic acids is 4. The first-order valence-electron chi connectivity index (χ1n) is 7.65. The van der Waals surface area contributed by atoms with E-state index in [1.807, 2.05) is 0 Å². The maximum absolute atomic E-state index is 9.90. The Hall–Kier alpha value is -2.72. The van der Waals surface area contributed by atoms with Gasteiger partial charge in [-0.25, -0.2) is 9.59 Å². The van der Waals surface area contributed by atoms with Crippen LogP contribution in [0, 0.1) is 5.41 Å². The summed E-state index contributed by atoms with van der Waals surface area (Å²) in [6.07, 6.45) is 2.68. The fourth-order valence-corrected chi connectivity index (χ4v) is 0.602. The molecule has 0 aromatic rings. The summed E-state index contributed by atoms with van der Waals surface area (Å²) in [4.78, 5) is 38.3. The van der Waals surface area contributed by atoms with Crippen molar-refractivity contribution in [2.24, 2.45) is 5.41 Å². The Morgan fingerprint density at radius 3 is 1.04 bits per heavy atom. The van der Waals surface area contributed by atoms with Gasteiger partial charge in [-0.1, -0.05) is 27.0 Å². The number of hydrogen-bond donors (Lipinski definition) is 6. The van der Waals surface area contributed by atoms with E-state index >= 15 is 0 Å². The van der Waals surface area contributed by atoms with E-state index in [1.54, 1.807) is 13.8 Å². The van der Waals surface area contributed by atoms with E-state index in [2.05, 4.69) is 13.2 Å². The highest BCUT2D eigenvalue weighted by Crippen LogP contribution is 2.10. The quantitative estimate of drug-likeness (QED) is 0.245. The molecule has 0 atom stereocenters. The van der Waals surface area contributed by atoms with Crippen molar-refractivity contribution in [3.8, 4) is 0 Å². The molecule has 27 heavy (non-hydrogen) atoms. The lowest BCUT2D eigenvalue weighted by molar-refractivity contribution is -0.139. The molecule has 0 amide bonds. The van der Waals surface area contributed by atoms with Crippen LogP contribution in [0.3, 0.4) is 0 Å². The average molecular weight is 394 g/mol. The lowest BCUT2D eigenvalue weighted by Crippen LogP contribution is -2.20. The van der Waals surface area contributed by atoms with Crippen molar-refractivity contribution in [1.29, 1.82) is 0 Å². The van der Waals surface area contributed by atoms with Crippen LogP contribution in [0.4, 0.5) is 0 Å². The monoisotopic (exact) mass is 394 g/mol. The van der Waals surface area contributed by atoms with Gasteiger partial charge in [0.1, 0.15) is 0 Å². The van der Waals surface area contributed by atoms with E-state index in [4.69, 9.17) is 30.6 Å². The summed E-state index contributed by atoms with van der Waals surface area (Å²) in [7, 11) is 0. The van der Waals surface area contributed by atoms with Crippen molar-refractivity contribution in [2.45, 2.75) is 39.5 Å². The third kappa shape index (κ3) is 51.7. The van der Waals surface area contributed by atoms with Gasteiger partial charge in [0.05, 0.1) is 13.2 Å². The number of rotatable bonds is 9. The van der Waals surface area contributed by atoms with Gasteiger partial charge >= 0.3 is 23.9 Å². The zero-order valence-corrected chi connectivity index (χ0v) is 15.6. The first-order valence-corrected chi connectivity index (χ1v) is 7.65. The predicted molar refractivity (Wildman–Crippen MR) is 97.4 cm³/mol. The van der Waals surface area contributed by atoms with Crippen LogP contribution in [-0.2, 0) is 19.2 Å². The Morgan fingerprint density at radius 1 is 0.741 bits per heavy atom. The van der Waals surface area contributed by atoms with Crippen molar-refractivity contribution in [1.82, 2.24) is 0 Å². The number of carboxylic acid groups (broad SMARTS) is 4. The molecule has 0 aromatic carbocycles. The third-order valence-corrected chi connectivity index (χ3v) is 2.24. The molecular weight excluding hydrogens is 364 g/mol. The summed E-state index contributed by atoms with van der Waals surface area (Å²) in [5.41, 5.74) is -0.306. The molecule has 6 N–H and O–H groups in total. The SMILES string of the molecule is C=CC(=O)O.C=CC(=O)O.CC(C)(CO)CO.O=C(O)CCCCC(=O)O. The maximum Gasteiger partial charge on any atom is 0.327 e. The highest BCUT2D eigenvalue weighted by molar-refractivity contribution is 5.79. The molecule has 0 bridgehead atoms. The van der Waals surface area contributed by atoms with Crippen LogP contribution in [0.25, 0.3) is 0 Å². The van der Waals surface area contributed by atoms with E-state index in [0.717, 1.165) is 12.2 Å². The molecule has 10 nitrogen and oxygen atoms in total. The van der Waals surface area contributed by atoms with Gasteiger partial charge in [0.2, 0.25) is 0 Å². The summed E-state index contributed by atoms with van der Waals surface area (Å²) in [5, 5.41) is 48.3. The van der Waals surface area contributed by atoms with Crippen LogP contribution >= 0.6 is 0 Å². The summed E-state index contributed by atoms with van der Waals surface area (Å²) in [6.45, 7) is 9.61. The van der Waals surface area contributed by atoms with Gasteiger partial charge in [0.15, 0.2) is 0 Å². The third-order valence-electron chi connectivity index (χ3n) is 2.24. The molecular formula is C17H30O10. The molecule has 0 heterocycles. The van der Waals surface area contributed by atoms with Crippen molar-refractivity contribution in [3.05, 3.63) is 25.3 Å². The highest BCUT2D eigenvalue weighted by Gasteiger charge is 2.13. The Balaban J connectivity index is -0.000000137. The number of carbonyl (C=O) groups is 4. The number of hydrogen-bond acceptors (Lipinski definition) is 6. The average Bonchev–Trinajstić information content (AvgIpc) is 2.60. The standard InChI is InChI=1S/C6H10O4.C5H12O2.2C3H4O2/c7-5(8)3-1-2-4-6(9)10;1-5(2,3-6)4-7;2*1-2-3(4)5/h1-4H2,(H,7,8)(H,9,10);6-7H,3-4H2,1-2H3;2*2H,1H2,(H,4,5). The van der Waals surface area contributed by atoms with Gasteiger partial charge in [-0.15, -0.1) is 0 Å². The summed E-state index contributed by atoms with van der Waals surface area (Å²) in [5.74, 6) is -3.70. The van der Waals surface area contributed by atoms with Crippen molar-refractivity contribution >= 4 is 23.9 Å². The van der Waals surface area contributed by atoms with E-state index in [9.17, 15) is 19.2 Å². The summed E-state index contributed by atoms with van der Waals surface area (Å²) < 4.78 is 0. The molecule has 0 rings (SSSR count). The Morgan fingerprint density at radius 2 is 0.963 bits per heavy atom. The van der Waals surface area contributed by atoms with Gasteiger partial charge in [-0.05, 0) is 12.8 Å². The van der Waals surface area contributed by atoms with Crippen LogP contribution in [-0.4, -0.2) is 67.7 Å². The molecule has 0 saturated heterocycles. The minimum Gasteiger partial charge on any atom is -0.481 e. The van der Waals surface area contributed by atoms with Gasteiger partial charge in [0.25, 0.3) is 0 Å². The van der Waals surface area contributed by atoms with Gasteiger partial charge in [0, 0.05) is 30.4 Å². The van der Waals surface area contributed by atoms with Gasteiger partial charge < -0.3 is 30.6 Å². The smallest absolute Gasteiger partial charge is 0.327 e. The second-order valence-corrected chi connectivity index (χ2v) is 5.56. The molecule has 0 aromatic heterocycles. The minimum absolute atomic E-state index is 0.0451. The molecule has 10 heteroatoms. The van der Waals surface area contributed by atoms with E-state index in [0.29, 0.717) is 12.8 Å². The van der Waals surface area contributed by atoms with E-state index in [-0.39, 0.29) is 31.5 Å². The second-order valence-electron chi connectivity index (χ2n) is 5.56. The zero-order chi connectivity index (χ0) is 22.5. The molecule has 0 saturated carbocycles. The van der Waals surface area contributed by atoms with Crippen LogP contribution in [0.2, 0.25) is 0 Å². The molecule has 0 fully saturated rings.